The van der Waals surface area contributed by atoms with E-state index in [-0.39, 0.29) is 28.5 Å². The largest absolute Gasteiger partial charge is 0.494 e. The number of nitrogens with zero attached hydrogens (tertiary/aromatic N) is 5. The van der Waals surface area contributed by atoms with Crippen LogP contribution < -0.4 is 20.4 Å². The molecule has 3 aromatic heterocycles. The summed E-state index contributed by atoms with van der Waals surface area (Å²) in [5.41, 5.74) is 3.03. The van der Waals surface area contributed by atoms with Crippen LogP contribution in [0.1, 0.15) is 36.6 Å². The Balaban J connectivity index is 1.41. The summed E-state index contributed by atoms with van der Waals surface area (Å²) in [5, 5.41) is 9.17. The molecule has 0 fully saturated rings. The van der Waals surface area contributed by atoms with E-state index in [1.54, 1.807) is 22.9 Å². The summed E-state index contributed by atoms with van der Waals surface area (Å²) in [7, 11) is 0. The molecular formula is C32H26FN5O3S. The van der Waals surface area contributed by atoms with Gasteiger partial charge in [-0.3, -0.25) is 9.59 Å². The maximum atomic E-state index is 13.4. The van der Waals surface area contributed by atoms with Crippen molar-refractivity contribution in [1.82, 2.24) is 24.4 Å². The van der Waals surface area contributed by atoms with E-state index < -0.39 is 5.56 Å². The van der Waals surface area contributed by atoms with Crippen LogP contribution in [0.15, 0.2) is 94.6 Å². The third-order valence-corrected chi connectivity index (χ3v) is 7.64. The van der Waals surface area contributed by atoms with Crippen LogP contribution in [0.4, 0.5) is 4.39 Å². The second-order valence-corrected chi connectivity index (χ2v) is 10.7. The zero-order valence-corrected chi connectivity index (χ0v) is 23.6. The Morgan fingerprint density at radius 3 is 2.45 bits per heavy atom. The van der Waals surface area contributed by atoms with Gasteiger partial charge in [0.1, 0.15) is 23.0 Å². The van der Waals surface area contributed by atoms with Gasteiger partial charge in [0.05, 0.1) is 16.8 Å². The smallest absolute Gasteiger partial charge is 0.296 e. The lowest BCUT2D eigenvalue weighted by Gasteiger charge is -2.06. The normalized spacial score (nSPS) is 11.8. The van der Waals surface area contributed by atoms with Crippen molar-refractivity contribution < 1.29 is 9.13 Å². The quantitative estimate of drug-likeness (QED) is 0.228. The maximum Gasteiger partial charge on any atom is 0.296 e. The molecule has 0 amide bonds. The molecule has 6 aromatic rings. The minimum atomic E-state index is -0.522. The van der Waals surface area contributed by atoms with Crippen LogP contribution in [0.2, 0.25) is 0 Å². The molecule has 3 heterocycles. The SMILES string of the molecule is CCCCOc1ccc(-c2nn(-c3ccccc3)cc2/C=c2\sc3nc(=O)c(Cc4ccc(F)cc4)nn3c2=O)cc1. The van der Waals surface area contributed by atoms with Crippen LogP contribution >= 0.6 is 11.3 Å². The van der Waals surface area contributed by atoms with Crippen molar-refractivity contribution in [3.8, 4) is 22.7 Å². The van der Waals surface area contributed by atoms with Crippen LogP contribution in [0, 0.1) is 5.82 Å². The molecule has 0 spiro atoms. The number of ether oxygens (including phenoxy) is 1. The summed E-state index contributed by atoms with van der Waals surface area (Å²) in [4.78, 5) is 30.5. The van der Waals surface area contributed by atoms with E-state index in [0.717, 1.165) is 51.3 Å². The molecule has 0 aliphatic carbocycles. The number of hydrogen-bond acceptors (Lipinski definition) is 7. The van der Waals surface area contributed by atoms with Gasteiger partial charge in [-0.15, -0.1) is 0 Å². The van der Waals surface area contributed by atoms with E-state index in [1.807, 2.05) is 60.8 Å². The Labute approximate surface area is 244 Å². The topological polar surface area (TPSA) is 91.4 Å². The molecule has 0 saturated carbocycles. The van der Waals surface area contributed by atoms with Gasteiger partial charge in [-0.05, 0) is 66.6 Å². The van der Waals surface area contributed by atoms with Gasteiger partial charge >= 0.3 is 0 Å². The molecule has 0 bridgehead atoms. The zero-order valence-electron chi connectivity index (χ0n) is 22.7. The average molecular weight is 580 g/mol. The maximum absolute atomic E-state index is 13.4. The van der Waals surface area contributed by atoms with Gasteiger partial charge in [0.15, 0.2) is 0 Å². The number of halogens is 1. The first-order chi connectivity index (χ1) is 20.5. The minimum Gasteiger partial charge on any atom is -0.494 e. The number of rotatable bonds is 9. The van der Waals surface area contributed by atoms with Gasteiger partial charge in [0.25, 0.3) is 11.1 Å². The zero-order chi connectivity index (χ0) is 29.1. The van der Waals surface area contributed by atoms with Gasteiger partial charge in [0, 0.05) is 23.7 Å². The highest BCUT2D eigenvalue weighted by atomic mass is 32.1. The fraction of sp³-hybridized carbons (Fsp3) is 0.156. The number of fused-ring (bicyclic) bond motifs is 1. The molecule has 0 unspecified atom stereocenters. The van der Waals surface area contributed by atoms with E-state index >= 15 is 0 Å². The van der Waals surface area contributed by atoms with E-state index in [1.165, 1.54) is 12.1 Å². The number of aromatic nitrogens is 5. The number of hydrogen-bond donors (Lipinski definition) is 0. The second-order valence-electron chi connectivity index (χ2n) is 9.72. The first-order valence-electron chi connectivity index (χ1n) is 13.6. The lowest BCUT2D eigenvalue weighted by atomic mass is 10.1. The predicted molar refractivity (Wildman–Crippen MR) is 161 cm³/mol. The minimum absolute atomic E-state index is 0.111. The van der Waals surface area contributed by atoms with Crippen LogP contribution in [0.3, 0.4) is 0 Å². The van der Waals surface area contributed by atoms with E-state index in [4.69, 9.17) is 9.84 Å². The molecule has 0 aliphatic rings. The van der Waals surface area contributed by atoms with Crippen molar-refractivity contribution in [2.45, 2.75) is 26.2 Å². The summed E-state index contributed by atoms with van der Waals surface area (Å²) in [6.07, 6.45) is 5.79. The van der Waals surface area contributed by atoms with E-state index in [2.05, 4.69) is 17.0 Å². The summed E-state index contributed by atoms with van der Waals surface area (Å²) in [6.45, 7) is 2.78. The number of para-hydroxylation sites is 1. The van der Waals surface area contributed by atoms with Crippen molar-refractivity contribution in [1.29, 1.82) is 0 Å². The van der Waals surface area contributed by atoms with Gasteiger partial charge in [-0.1, -0.05) is 55.0 Å². The van der Waals surface area contributed by atoms with Gasteiger partial charge < -0.3 is 4.74 Å². The van der Waals surface area contributed by atoms with E-state index in [0.29, 0.717) is 22.4 Å². The summed E-state index contributed by atoms with van der Waals surface area (Å²) in [6, 6.07) is 23.2. The lowest BCUT2D eigenvalue weighted by Crippen LogP contribution is -2.28. The summed E-state index contributed by atoms with van der Waals surface area (Å²) >= 11 is 1.09. The molecule has 0 atom stereocenters. The molecule has 10 heteroatoms. The highest BCUT2D eigenvalue weighted by Gasteiger charge is 2.15. The molecule has 0 aliphatic heterocycles. The molecule has 0 radical (unpaired) electrons. The first kappa shape index (κ1) is 27.2. The summed E-state index contributed by atoms with van der Waals surface area (Å²) < 4.78 is 22.4. The van der Waals surface area contributed by atoms with Crippen LogP contribution in [-0.2, 0) is 6.42 Å². The average Bonchev–Trinajstić information content (AvgIpc) is 3.56. The Morgan fingerprint density at radius 2 is 1.71 bits per heavy atom. The fourth-order valence-electron chi connectivity index (χ4n) is 4.46. The molecular weight excluding hydrogens is 553 g/mol. The fourth-order valence-corrected chi connectivity index (χ4v) is 5.36. The van der Waals surface area contributed by atoms with Crippen LogP contribution in [0.5, 0.6) is 5.75 Å². The second kappa shape index (κ2) is 11.9. The van der Waals surface area contributed by atoms with Crippen molar-refractivity contribution in [2.75, 3.05) is 6.61 Å². The van der Waals surface area contributed by atoms with Crippen molar-refractivity contribution in [2.24, 2.45) is 0 Å². The molecule has 210 valence electrons. The molecule has 0 saturated heterocycles. The molecule has 8 nitrogen and oxygen atoms in total. The van der Waals surface area contributed by atoms with Gasteiger partial charge in [-0.25, -0.2) is 9.07 Å². The third kappa shape index (κ3) is 5.75. The monoisotopic (exact) mass is 579 g/mol. The molecule has 3 aromatic carbocycles. The molecule has 0 N–H and O–H groups in total. The molecule has 6 rings (SSSR count). The Hall–Kier alpha value is -4.96. The van der Waals surface area contributed by atoms with Crippen molar-refractivity contribution in [3.05, 3.63) is 133 Å². The Bertz CT molecular complexity index is 2020. The van der Waals surface area contributed by atoms with Gasteiger partial charge in [-0.2, -0.15) is 19.7 Å². The Morgan fingerprint density at radius 1 is 0.952 bits per heavy atom. The van der Waals surface area contributed by atoms with Crippen molar-refractivity contribution in [3.63, 3.8) is 0 Å². The number of benzene rings is 3. The van der Waals surface area contributed by atoms with Crippen LogP contribution in [0.25, 0.3) is 28.0 Å². The molecule has 42 heavy (non-hydrogen) atoms. The Kier molecular flexibility index (Phi) is 7.70. The predicted octanol–water partition coefficient (Wildman–Crippen LogP) is 4.82. The van der Waals surface area contributed by atoms with Crippen LogP contribution in [-0.4, -0.2) is 31.0 Å². The third-order valence-electron chi connectivity index (χ3n) is 6.68. The van der Waals surface area contributed by atoms with Crippen molar-refractivity contribution >= 4 is 22.4 Å². The number of unbranched alkanes of at least 4 members (excludes halogenated alkanes) is 1. The first-order valence-corrected chi connectivity index (χ1v) is 14.4. The number of thiazole rings is 1. The summed E-state index contributed by atoms with van der Waals surface area (Å²) in [5.74, 6) is 0.410. The highest BCUT2D eigenvalue weighted by molar-refractivity contribution is 7.15. The standard InChI is InChI=1S/C32H26FN5O3S/c1-2-3-17-41-26-15-11-22(12-16-26)29-23(20-37(36-29)25-7-5-4-6-8-25)19-28-31(40)38-32(42-28)34-30(39)27(35-38)18-21-9-13-24(33)14-10-21/h4-16,19-20H,2-3,17-18H2,1H3/b28-19-. The van der Waals surface area contributed by atoms with E-state index in [9.17, 15) is 14.0 Å². The highest BCUT2D eigenvalue weighted by Crippen LogP contribution is 2.26. The van der Waals surface area contributed by atoms with Gasteiger partial charge in [0.2, 0.25) is 4.96 Å². The lowest BCUT2D eigenvalue weighted by molar-refractivity contribution is 0.309.